The first-order valence-electron chi connectivity index (χ1n) is 11.4. The van der Waals surface area contributed by atoms with Crippen LogP contribution in [0.5, 0.6) is 5.75 Å². The third-order valence-corrected chi connectivity index (χ3v) is 7.00. The van der Waals surface area contributed by atoms with Crippen LogP contribution in [0, 0.1) is 6.92 Å². The van der Waals surface area contributed by atoms with Gasteiger partial charge in [-0.15, -0.1) is 10.2 Å². The van der Waals surface area contributed by atoms with Gasteiger partial charge >= 0.3 is 0 Å². The molecule has 0 aliphatic heterocycles. The van der Waals surface area contributed by atoms with E-state index in [-0.39, 0.29) is 22.9 Å². The standard InChI is InChI=1S/C25H27ClN6O3S/c1-5-31-23(17(3)35-20-14-10-9-13-19(20)26)28-29-25(31)36-15-21(33)27-22-16(2)30(4)32(24(22)34)18-11-7-6-8-12-18/h6-14,17H,5,15H2,1-4H3,(H,27,33). The first kappa shape index (κ1) is 25.6. The predicted molar refractivity (Wildman–Crippen MR) is 141 cm³/mol. The van der Waals surface area contributed by atoms with Crippen LogP contribution in [-0.4, -0.2) is 35.8 Å². The quantitative estimate of drug-likeness (QED) is 0.320. The Labute approximate surface area is 218 Å². The summed E-state index contributed by atoms with van der Waals surface area (Å²) in [6, 6.07) is 16.5. The summed E-state index contributed by atoms with van der Waals surface area (Å²) in [5.74, 6) is 0.950. The molecule has 2 aromatic carbocycles. The topological polar surface area (TPSA) is 96.0 Å². The predicted octanol–water partition coefficient (Wildman–Crippen LogP) is 4.62. The lowest BCUT2D eigenvalue weighted by molar-refractivity contribution is -0.113. The smallest absolute Gasteiger partial charge is 0.295 e. The maximum absolute atomic E-state index is 13.0. The molecule has 2 aromatic heterocycles. The Morgan fingerprint density at radius 2 is 1.83 bits per heavy atom. The molecule has 11 heteroatoms. The molecule has 0 aliphatic rings. The number of ether oxygens (including phenoxy) is 1. The van der Waals surface area contributed by atoms with E-state index in [0.29, 0.717) is 34.0 Å². The number of aromatic nitrogens is 5. The van der Waals surface area contributed by atoms with Crippen molar-refractivity contribution in [3.05, 3.63) is 81.5 Å². The van der Waals surface area contributed by atoms with Crippen LogP contribution in [0.1, 0.15) is 31.5 Å². The average Bonchev–Trinajstić information content (AvgIpc) is 3.38. The van der Waals surface area contributed by atoms with Gasteiger partial charge in [-0.3, -0.25) is 14.3 Å². The highest BCUT2D eigenvalue weighted by atomic mass is 35.5. The number of carbonyl (C=O) groups is 1. The largest absolute Gasteiger partial charge is 0.481 e. The summed E-state index contributed by atoms with van der Waals surface area (Å²) < 4.78 is 11.1. The van der Waals surface area contributed by atoms with Gasteiger partial charge < -0.3 is 14.6 Å². The summed E-state index contributed by atoms with van der Waals surface area (Å²) in [6.45, 7) is 6.24. The van der Waals surface area contributed by atoms with E-state index in [1.165, 1.54) is 16.4 Å². The lowest BCUT2D eigenvalue weighted by Gasteiger charge is -2.16. The van der Waals surface area contributed by atoms with Gasteiger partial charge in [-0.25, -0.2) is 4.68 Å². The van der Waals surface area contributed by atoms with Gasteiger partial charge in [0.05, 0.1) is 22.2 Å². The third kappa shape index (κ3) is 5.19. The van der Waals surface area contributed by atoms with Crippen molar-refractivity contribution >= 4 is 35.0 Å². The SMILES string of the molecule is CCn1c(SCC(=O)Nc2c(C)n(C)n(-c3ccccc3)c2=O)nnc1C(C)Oc1ccccc1Cl. The van der Waals surface area contributed by atoms with Crippen molar-refractivity contribution < 1.29 is 9.53 Å². The summed E-state index contributed by atoms with van der Waals surface area (Å²) in [5.41, 5.74) is 1.35. The van der Waals surface area contributed by atoms with E-state index < -0.39 is 6.10 Å². The molecule has 2 heterocycles. The van der Waals surface area contributed by atoms with Gasteiger partial charge in [0.15, 0.2) is 17.1 Å². The molecule has 0 aliphatic carbocycles. The molecule has 4 rings (SSSR count). The van der Waals surface area contributed by atoms with Crippen molar-refractivity contribution in [3.8, 4) is 11.4 Å². The minimum absolute atomic E-state index is 0.0665. The van der Waals surface area contributed by atoms with E-state index in [4.69, 9.17) is 16.3 Å². The van der Waals surface area contributed by atoms with E-state index in [9.17, 15) is 9.59 Å². The Morgan fingerprint density at radius 1 is 1.14 bits per heavy atom. The highest BCUT2D eigenvalue weighted by Gasteiger charge is 2.22. The molecule has 0 spiro atoms. The molecule has 0 fully saturated rings. The Hall–Kier alpha value is -3.50. The zero-order chi connectivity index (χ0) is 25.8. The zero-order valence-corrected chi connectivity index (χ0v) is 22.0. The van der Waals surface area contributed by atoms with Crippen molar-refractivity contribution in [2.24, 2.45) is 7.05 Å². The molecule has 1 amide bonds. The third-order valence-electron chi connectivity index (χ3n) is 5.72. The molecule has 0 bridgehead atoms. The van der Waals surface area contributed by atoms with Gasteiger partial charge in [-0.1, -0.05) is 53.7 Å². The van der Waals surface area contributed by atoms with Crippen LogP contribution >= 0.6 is 23.4 Å². The number of anilines is 1. The van der Waals surface area contributed by atoms with Gasteiger partial charge in [0, 0.05) is 13.6 Å². The monoisotopic (exact) mass is 526 g/mol. The molecule has 9 nitrogen and oxygen atoms in total. The lowest BCUT2D eigenvalue weighted by Crippen LogP contribution is -2.23. The molecule has 4 aromatic rings. The fraction of sp³-hybridized carbons (Fsp3) is 0.280. The Kier molecular flexibility index (Phi) is 7.85. The number of hydrogen-bond acceptors (Lipinski definition) is 6. The van der Waals surface area contributed by atoms with E-state index in [1.54, 1.807) is 30.8 Å². The summed E-state index contributed by atoms with van der Waals surface area (Å²) in [4.78, 5) is 25.8. The second kappa shape index (κ2) is 11.0. The number of thioether (sulfide) groups is 1. The van der Waals surface area contributed by atoms with Crippen LogP contribution in [0.15, 0.2) is 64.5 Å². The minimum Gasteiger partial charge on any atom is -0.481 e. The molecule has 0 radical (unpaired) electrons. The summed E-state index contributed by atoms with van der Waals surface area (Å²) in [6.07, 6.45) is -0.399. The van der Waals surface area contributed by atoms with Crippen molar-refractivity contribution in [1.82, 2.24) is 24.1 Å². The maximum atomic E-state index is 13.0. The van der Waals surface area contributed by atoms with Gasteiger partial charge in [0.25, 0.3) is 5.56 Å². The fourth-order valence-electron chi connectivity index (χ4n) is 3.81. The molecule has 1 unspecified atom stereocenters. The van der Waals surface area contributed by atoms with Gasteiger partial charge in [-0.05, 0) is 45.0 Å². The lowest BCUT2D eigenvalue weighted by atomic mass is 10.3. The minimum atomic E-state index is -0.399. The highest BCUT2D eigenvalue weighted by molar-refractivity contribution is 7.99. The molecule has 36 heavy (non-hydrogen) atoms. The first-order valence-corrected chi connectivity index (χ1v) is 12.8. The number of carbonyl (C=O) groups excluding carboxylic acids is 1. The van der Waals surface area contributed by atoms with E-state index in [2.05, 4.69) is 15.5 Å². The van der Waals surface area contributed by atoms with Crippen LogP contribution in [-0.2, 0) is 18.4 Å². The number of nitrogens with zero attached hydrogens (tertiary/aromatic N) is 5. The number of nitrogens with one attached hydrogen (secondary N) is 1. The molecule has 1 N–H and O–H groups in total. The van der Waals surface area contributed by atoms with Crippen molar-refractivity contribution in [1.29, 1.82) is 0 Å². The number of halogens is 1. The number of hydrogen-bond donors (Lipinski definition) is 1. The molecule has 0 saturated carbocycles. The van der Waals surface area contributed by atoms with Crippen molar-refractivity contribution in [3.63, 3.8) is 0 Å². The Bertz CT molecular complexity index is 1430. The second-order valence-corrected chi connectivity index (χ2v) is 9.40. The average molecular weight is 527 g/mol. The highest BCUT2D eigenvalue weighted by Crippen LogP contribution is 2.29. The zero-order valence-electron chi connectivity index (χ0n) is 20.4. The van der Waals surface area contributed by atoms with Crippen LogP contribution < -0.4 is 15.6 Å². The summed E-state index contributed by atoms with van der Waals surface area (Å²) >= 11 is 7.46. The molecule has 188 valence electrons. The molecule has 0 saturated heterocycles. The summed E-state index contributed by atoms with van der Waals surface area (Å²) in [5, 5.41) is 12.4. The van der Waals surface area contributed by atoms with Crippen molar-refractivity contribution in [2.45, 2.75) is 38.6 Å². The molecular formula is C25H27ClN6O3S. The van der Waals surface area contributed by atoms with Crippen LogP contribution in [0.3, 0.4) is 0 Å². The molecular weight excluding hydrogens is 500 g/mol. The van der Waals surface area contributed by atoms with E-state index >= 15 is 0 Å². The number of amides is 1. The van der Waals surface area contributed by atoms with Gasteiger partial charge in [-0.2, -0.15) is 0 Å². The second-order valence-electron chi connectivity index (χ2n) is 8.05. The number of benzene rings is 2. The first-order chi connectivity index (χ1) is 17.3. The fourth-order valence-corrected chi connectivity index (χ4v) is 4.80. The Balaban J connectivity index is 1.45. The number of rotatable bonds is 9. The van der Waals surface area contributed by atoms with Gasteiger partial charge in [0.1, 0.15) is 11.4 Å². The summed E-state index contributed by atoms with van der Waals surface area (Å²) in [7, 11) is 1.78. The van der Waals surface area contributed by atoms with Crippen molar-refractivity contribution in [2.75, 3.05) is 11.1 Å². The number of para-hydroxylation sites is 2. The van der Waals surface area contributed by atoms with Crippen LogP contribution in [0.2, 0.25) is 5.02 Å². The van der Waals surface area contributed by atoms with Crippen LogP contribution in [0.4, 0.5) is 5.69 Å². The molecule has 1 atom stereocenters. The van der Waals surface area contributed by atoms with Gasteiger partial charge in [0.2, 0.25) is 5.91 Å². The van der Waals surface area contributed by atoms with E-state index in [1.807, 2.05) is 60.9 Å². The normalized spacial score (nSPS) is 11.9. The van der Waals surface area contributed by atoms with Crippen LogP contribution in [0.25, 0.3) is 5.69 Å². The van der Waals surface area contributed by atoms with E-state index in [0.717, 1.165) is 5.69 Å². The Morgan fingerprint density at radius 3 is 2.53 bits per heavy atom. The maximum Gasteiger partial charge on any atom is 0.295 e.